The van der Waals surface area contributed by atoms with Gasteiger partial charge in [0.15, 0.2) is 0 Å². The van der Waals surface area contributed by atoms with E-state index < -0.39 is 5.41 Å². The molecule has 0 bridgehead atoms. The molecule has 18 heavy (non-hydrogen) atoms. The molecule has 0 N–H and O–H groups in total. The van der Waals surface area contributed by atoms with Crippen molar-refractivity contribution >= 4 is 5.91 Å². The summed E-state index contributed by atoms with van der Waals surface area (Å²) in [5.41, 5.74) is -1.67. The summed E-state index contributed by atoms with van der Waals surface area (Å²) in [6.07, 6.45) is 0.528. The van der Waals surface area contributed by atoms with Gasteiger partial charge in [0.25, 0.3) is 0 Å². The van der Waals surface area contributed by atoms with Gasteiger partial charge in [-0.1, -0.05) is 6.92 Å². The van der Waals surface area contributed by atoms with Gasteiger partial charge in [0.2, 0.25) is 5.91 Å². The Morgan fingerprint density at radius 2 is 1.78 bits per heavy atom. The number of hydrogen-bond acceptors (Lipinski definition) is 3. The van der Waals surface area contributed by atoms with Crippen LogP contribution in [0.3, 0.4) is 0 Å². The molecule has 1 fully saturated rings. The summed E-state index contributed by atoms with van der Waals surface area (Å²) in [4.78, 5) is 14.3. The van der Waals surface area contributed by atoms with E-state index in [-0.39, 0.29) is 17.1 Å². The Morgan fingerprint density at radius 3 is 2.11 bits per heavy atom. The van der Waals surface area contributed by atoms with E-state index in [9.17, 15) is 10.1 Å². The Kier molecular flexibility index (Phi) is 3.78. The van der Waals surface area contributed by atoms with Crippen molar-refractivity contribution < 1.29 is 9.53 Å². The first-order valence-corrected chi connectivity index (χ1v) is 6.46. The van der Waals surface area contributed by atoms with Crippen molar-refractivity contribution in [1.82, 2.24) is 4.90 Å². The van der Waals surface area contributed by atoms with Crippen molar-refractivity contribution in [3.63, 3.8) is 0 Å². The Bertz CT molecular complexity index is 366. The summed E-state index contributed by atoms with van der Waals surface area (Å²) in [5, 5.41) is 9.22. The van der Waals surface area contributed by atoms with Gasteiger partial charge in [0.1, 0.15) is 5.41 Å². The summed E-state index contributed by atoms with van der Waals surface area (Å²) in [7, 11) is 0. The van der Waals surface area contributed by atoms with Crippen molar-refractivity contribution in [2.24, 2.45) is 5.41 Å². The van der Waals surface area contributed by atoms with Crippen LogP contribution in [0.1, 0.15) is 48.0 Å². The van der Waals surface area contributed by atoms with E-state index in [1.807, 2.05) is 34.6 Å². The largest absolute Gasteiger partial charge is 0.366 e. The molecule has 0 radical (unpaired) electrons. The molecular weight excluding hydrogens is 228 g/mol. The van der Waals surface area contributed by atoms with Crippen LogP contribution < -0.4 is 0 Å². The Morgan fingerprint density at radius 1 is 1.33 bits per heavy atom. The molecule has 1 amide bonds. The summed E-state index contributed by atoms with van der Waals surface area (Å²) in [5.74, 6) is -0.0862. The molecule has 1 saturated heterocycles. The van der Waals surface area contributed by atoms with E-state index in [1.54, 1.807) is 11.8 Å². The van der Waals surface area contributed by atoms with E-state index in [2.05, 4.69) is 6.07 Å². The molecule has 4 heteroatoms. The summed E-state index contributed by atoms with van der Waals surface area (Å²) < 4.78 is 5.94. The summed E-state index contributed by atoms with van der Waals surface area (Å²) in [6.45, 7) is 12.6. The van der Waals surface area contributed by atoms with Gasteiger partial charge in [0, 0.05) is 13.1 Å². The van der Waals surface area contributed by atoms with Gasteiger partial charge in [-0.3, -0.25) is 4.79 Å². The molecule has 0 aromatic carbocycles. The zero-order valence-corrected chi connectivity index (χ0v) is 12.3. The molecule has 1 heterocycles. The monoisotopic (exact) mass is 252 g/mol. The van der Waals surface area contributed by atoms with Crippen LogP contribution >= 0.6 is 0 Å². The maximum atomic E-state index is 12.5. The van der Waals surface area contributed by atoms with E-state index in [0.717, 1.165) is 0 Å². The molecule has 1 rings (SSSR count). The molecule has 0 spiro atoms. The minimum Gasteiger partial charge on any atom is -0.366 e. The first-order valence-electron chi connectivity index (χ1n) is 6.46. The van der Waals surface area contributed by atoms with Crippen LogP contribution in [-0.2, 0) is 9.53 Å². The predicted octanol–water partition coefficient (Wildman–Crippen LogP) is 2.34. The molecule has 0 saturated carbocycles. The van der Waals surface area contributed by atoms with Gasteiger partial charge >= 0.3 is 0 Å². The zero-order chi connectivity index (χ0) is 14.2. The fourth-order valence-electron chi connectivity index (χ4n) is 2.56. The summed E-state index contributed by atoms with van der Waals surface area (Å²) >= 11 is 0. The fourth-order valence-corrected chi connectivity index (χ4v) is 2.56. The number of nitrogens with zero attached hydrogens (tertiary/aromatic N) is 2. The van der Waals surface area contributed by atoms with Crippen LogP contribution in [0.15, 0.2) is 0 Å². The normalized spacial score (nSPS) is 25.1. The maximum absolute atomic E-state index is 12.5. The van der Waals surface area contributed by atoms with E-state index in [0.29, 0.717) is 19.5 Å². The van der Waals surface area contributed by atoms with E-state index in [1.165, 1.54) is 0 Å². The third kappa shape index (κ3) is 3.02. The second kappa shape index (κ2) is 4.55. The first-order chi connectivity index (χ1) is 8.05. The Hall–Kier alpha value is -1.08. The predicted molar refractivity (Wildman–Crippen MR) is 69.8 cm³/mol. The van der Waals surface area contributed by atoms with Crippen LogP contribution in [0, 0.1) is 16.7 Å². The van der Waals surface area contributed by atoms with Crippen molar-refractivity contribution in [1.29, 1.82) is 5.26 Å². The Labute approximate surface area is 110 Å². The fraction of sp³-hybridized carbons (Fsp3) is 0.857. The smallest absolute Gasteiger partial charge is 0.242 e. The highest BCUT2D eigenvalue weighted by molar-refractivity contribution is 5.85. The van der Waals surface area contributed by atoms with Crippen molar-refractivity contribution in [2.45, 2.75) is 59.2 Å². The minimum atomic E-state index is -0.927. The highest BCUT2D eigenvalue weighted by atomic mass is 16.5. The molecule has 4 nitrogen and oxygen atoms in total. The second-order valence-corrected chi connectivity index (χ2v) is 6.58. The molecule has 102 valence electrons. The SMILES string of the molecule is CCC(C)(C#N)C(=O)N1CC(C)(C)OC(C)(C)C1. The molecule has 0 aliphatic carbocycles. The highest BCUT2D eigenvalue weighted by Gasteiger charge is 2.44. The third-order valence-electron chi connectivity index (χ3n) is 3.41. The number of nitriles is 1. The number of hydrogen-bond donors (Lipinski definition) is 0. The van der Waals surface area contributed by atoms with Gasteiger partial charge in [-0.25, -0.2) is 0 Å². The lowest BCUT2D eigenvalue weighted by Gasteiger charge is -2.48. The number of ether oxygens (including phenoxy) is 1. The number of carbonyl (C=O) groups is 1. The average molecular weight is 252 g/mol. The number of rotatable bonds is 2. The van der Waals surface area contributed by atoms with Crippen molar-refractivity contribution in [3.05, 3.63) is 0 Å². The number of amides is 1. The van der Waals surface area contributed by atoms with Gasteiger partial charge in [-0.2, -0.15) is 5.26 Å². The van der Waals surface area contributed by atoms with Gasteiger partial charge in [-0.15, -0.1) is 0 Å². The molecule has 1 aliphatic rings. The molecule has 0 aromatic heterocycles. The molecule has 1 aliphatic heterocycles. The van der Waals surface area contributed by atoms with Crippen molar-refractivity contribution in [2.75, 3.05) is 13.1 Å². The lowest BCUT2D eigenvalue weighted by atomic mass is 9.86. The molecule has 1 unspecified atom stereocenters. The highest BCUT2D eigenvalue weighted by Crippen LogP contribution is 2.32. The van der Waals surface area contributed by atoms with Gasteiger partial charge < -0.3 is 9.64 Å². The molecule has 0 aromatic rings. The van der Waals surface area contributed by atoms with Gasteiger partial charge in [-0.05, 0) is 41.0 Å². The lowest BCUT2D eigenvalue weighted by molar-refractivity contribution is -0.191. The number of morpholine rings is 1. The standard InChI is InChI=1S/C14H24N2O2/c1-7-14(6,8-15)11(17)16-9-12(2,3)18-13(4,5)10-16/h7,9-10H2,1-6H3. The van der Waals surface area contributed by atoms with Crippen LogP contribution in [0.25, 0.3) is 0 Å². The maximum Gasteiger partial charge on any atom is 0.242 e. The van der Waals surface area contributed by atoms with E-state index in [4.69, 9.17) is 4.74 Å². The average Bonchev–Trinajstić information content (AvgIpc) is 2.22. The topological polar surface area (TPSA) is 53.3 Å². The van der Waals surface area contributed by atoms with Crippen LogP contribution in [0.4, 0.5) is 0 Å². The van der Waals surface area contributed by atoms with Crippen LogP contribution in [-0.4, -0.2) is 35.1 Å². The minimum absolute atomic E-state index is 0.0862. The quantitative estimate of drug-likeness (QED) is 0.758. The lowest BCUT2D eigenvalue weighted by Crippen LogP contribution is -2.60. The molecule has 1 atom stereocenters. The summed E-state index contributed by atoms with van der Waals surface area (Å²) in [6, 6.07) is 2.15. The van der Waals surface area contributed by atoms with Crippen LogP contribution in [0.2, 0.25) is 0 Å². The second-order valence-electron chi connectivity index (χ2n) is 6.58. The van der Waals surface area contributed by atoms with Crippen LogP contribution in [0.5, 0.6) is 0 Å². The zero-order valence-electron chi connectivity index (χ0n) is 12.3. The first kappa shape index (κ1) is 15.0. The van der Waals surface area contributed by atoms with Crippen molar-refractivity contribution in [3.8, 4) is 6.07 Å². The number of carbonyl (C=O) groups excluding carboxylic acids is 1. The van der Waals surface area contributed by atoms with E-state index >= 15 is 0 Å². The third-order valence-corrected chi connectivity index (χ3v) is 3.41. The Balaban J connectivity index is 2.97. The molecular formula is C14H24N2O2. The van der Waals surface area contributed by atoms with Gasteiger partial charge in [0.05, 0.1) is 17.3 Å².